The molecule has 9 heteroatoms. The minimum absolute atomic E-state index is 0.0151. The topological polar surface area (TPSA) is 134 Å². The Hall–Kier alpha value is -2.10. The SMILES string of the molecule is NCCN[C@H]1CC[C@H](CC(=O)N[C@@H]2Cc3cccc(C(=O)O)c3OB2O)CC1. The zero-order valence-corrected chi connectivity index (χ0v) is 15.9. The van der Waals surface area contributed by atoms with Gasteiger partial charge in [-0.1, -0.05) is 12.1 Å². The highest BCUT2D eigenvalue weighted by Crippen LogP contribution is 2.31. The molecule has 1 saturated carbocycles. The number of nitrogens with one attached hydrogen (secondary N) is 2. The van der Waals surface area contributed by atoms with Crippen LogP contribution in [0.3, 0.4) is 0 Å². The Morgan fingerprint density at radius 2 is 2.00 bits per heavy atom. The van der Waals surface area contributed by atoms with Crippen molar-refractivity contribution >= 4 is 19.0 Å². The molecule has 2 aliphatic rings. The van der Waals surface area contributed by atoms with Gasteiger partial charge in [0.1, 0.15) is 5.75 Å². The lowest BCUT2D eigenvalue weighted by atomic mass is 9.72. The summed E-state index contributed by atoms with van der Waals surface area (Å²) >= 11 is 0. The average molecular weight is 389 g/mol. The number of fused-ring (bicyclic) bond motifs is 1. The summed E-state index contributed by atoms with van der Waals surface area (Å²) in [5, 5.41) is 25.8. The van der Waals surface area contributed by atoms with Gasteiger partial charge >= 0.3 is 13.1 Å². The molecule has 1 aliphatic heterocycles. The summed E-state index contributed by atoms with van der Waals surface area (Å²) in [5.74, 6) is -1.29. The number of para-hydroxylation sites is 1. The van der Waals surface area contributed by atoms with Crippen LogP contribution in [0.5, 0.6) is 5.75 Å². The normalized spacial score (nSPS) is 24.2. The molecule has 0 bridgehead atoms. The first-order chi connectivity index (χ1) is 13.5. The Morgan fingerprint density at radius 1 is 1.25 bits per heavy atom. The molecule has 28 heavy (non-hydrogen) atoms. The quantitative estimate of drug-likeness (QED) is 0.424. The van der Waals surface area contributed by atoms with Gasteiger partial charge in [0.05, 0.1) is 11.5 Å². The fourth-order valence-electron chi connectivity index (χ4n) is 4.10. The van der Waals surface area contributed by atoms with Crippen LogP contribution in [0.1, 0.15) is 48.0 Å². The standard InChI is InChI=1S/C19H28BN3O5/c21-8-9-22-14-6-4-12(5-7-14)10-17(24)23-16-11-13-2-1-3-15(19(25)26)18(13)28-20(16)27/h1-3,12,14,16,22,27H,4-11,21H2,(H,23,24)(H,25,26)/t12-,14-,16-/m1/s1. The summed E-state index contributed by atoms with van der Waals surface area (Å²) in [4.78, 5) is 23.8. The summed E-state index contributed by atoms with van der Waals surface area (Å²) in [5.41, 5.74) is 6.20. The molecule has 1 fully saturated rings. The van der Waals surface area contributed by atoms with Crippen molar-refractivity contribution in [3.8, 4) is 5.75 Å². The maximum absolute atomic E-state index is 12.5. The number of carboxylic acid groups (broad SMARTS) is 1. The Kier molecular flexibility index (Phi) is 6.93. The third-order valence-corrected chi connectivity index (χ3v) is 5.59. The number of hydrogen-bond donors (Lipinski definition) is 5. The van der Waals surface area contributed by atoms with Gasteiger partial charge in [-0.25, -0.2) is 4.79 Å². The van der Waals surface area contributed by atoms with E-state index in [1.54, 1.807) is 12.1 Å². The van der Waals surface area contributed by atoms with Crippen LogP contribution < -0.4 is 21.0 Å². The molecular weight excluding hydrogens is 361 g/mol. The number of benzene rings is 1. The van der Waals surface area contributed by atoms with Crippen molar-refractivity contribution in [2.24, 2.45) is 11.7 Å². The van der Waals surface area contributed by atoms with Crippen LogP contribution in [0.4, 0.5) is 0 Å². The molecule has 0 saturated heterocycles. The van der Waals surface area contributed by atoms with Crippen molar-refractivity contribution in [1.29, 1.82) is 0 Å². The second-order valence-electron chi connectivity index (χ2n) is 7.65. The van der Waals surface area contributed by atoms with Gasteiger partial charge in [-0.3, -0.25) is 4.79 Å². The summed E-state index contributed by atoms with van der Waals surface area (Å²) in [6, 6.07) is 5.31. The maximum Gasteiger partial charge on any atom is 0.547 e. The zero-order valence-electron chi connectivity index (χ0n) is 15.9. The number of rotatable bonds is 7. The van der Waals surface area contributed by atoms with E-state index in [-0.39, 0.29) is 17.2 Å². The summed E-state index contributed by atoms with van der Waals surface area (Å²) in [7, 11) is -1.27. The van der Waals surface area contributed by atoms with E-state index in [9.17, 15) is 19.7 Å². The molecule has 1 heterocycles. The van der Waals surface area contributed by atoms with Gasteiger partial charge in [-0.05, 0) is 49.7 Å². The Labute approximate surface area is 165 Å². The van der Waals surface area contributed by atoms with E-state index < -0.39 is 19.0 Å². The van der Waals surface area contributed by atoms with Gasteiger partial charge in [-0.2, -0.15) is 0 Å². The third kappa shape index (κ3) is 5.04. The van der Waals surface area contributed by atoms with Gasteiger partial charge in [-0.15, -0.1) is 0 Å². The van der Waals surface area contributed by atoms with Crippen LogP contribution in [-0.4, -0.2) is 54.2 Å². The van der Waals surface area contributed by atoms with Crippen molar-refractivity contribution in [2.75, 3.05) is 13.1 Å². The van der Waals surface area contributed by atoms with Gasteiger partial charge < -0.3 is 31.2 Å². The lowest BCUT2D eigenvalue weighted by Gasteiger charge is -2.31. The van der Waals surface area contributed by atoms with Crippen molar-refractivity contribution in [3.63, 3.8) is 0 Å². The van der Waals surface area contributed by atoms with Crippen LogP contribution in [0.15, 0.2) is 18.2 Å². The second-order valence-corrected chi connectivity index (χ2v) is 7.65. The summed E-state index contributed by atoms with van der Waals surface area (Å²) in [6.07, 6.45) is 4.82. The number of carbonyl (C=O) groups is 2. The maximum atomic E-state index is 12.5. The van der Waals surface area contributed by atoms with Crippen LogP contribution >= 0.6 is 0 Å². The molecule has 1 amide bonds. The number of hydrogen-bond acceptors (Lipinski definition) is 6. The van der Waals surface area contributed by atoms with Crippen LogP contribution in [0, 0.1) is 5.92 Å². The number of carbonyl (C=O) groups excluding carboxylic acids is 1. The number of aromatic carboxylic acids is 1. The van der Waals surface area contributed by atoms with Crippen LogP contribution in [0.25, 0.3) is 0 Å². The van der Waals surface area contributed by atoms with Gasteiger partial charge in [0.2, 0.25) is 5.91 Å². The van der Waals surface area contributed by atoms with Crippen molar-refractivity contribution in [2.45, 2.75) is 50.5 Å². The Balaban J connectivity index is 1.51. The molecule has 0 spiro atoms. The number of nitrogens with two attached hydrogens (primary N) is 1. The molecule has 0 radical (unpaired) electrons. The lowest BCUT2D eigenvalue weighted by molar-refractivity contribution is -0.122. The second kappa shape index (κ2) is 9.40. The fourth-order valence-corrected chi connectivity index (χ4v) is 4.10. The lowest BCUT2D eigenvalue weighted by Crippen LogP contribution is -2.53. The van der Waals surface area contributed by atoms with Crippen molar-refractivity contribution < 1.29 is 24.4 Å². The van der Waals surface area contributed by atoms with E-state index in [0.717, 1.165) is 32.2 Å². The van der Waals surface area contributed by atoms with Gasteiger partial charge in [0.25, 0.3) is 0 Å². The average Bonchev–Trinajstić information content (AvgIpc) is 2.67. The molecule has 3 rings (SSSR count). The van der Waals surface area contributed by atoms with E-state index in [1.807, 2.05) is 0 Å². The van der Waals surface area contributed by atoms with Gasteiger partial charge in [0.15, 0.2) is 0 Å². The molecule has 1 aromatic rings. The first kappa shape index (κ1) is 20.6. The van der Waals surface area contributed by atoms with E-state index >= 15 is 0 Å². The minimum Gasteiger partial charge on any atom is -0.534 e. The zero-order chi connectivity index (χ0) is 20.1. The van der Waals surface area contributed by atoms with Gasteiger partial charge in [0, 0.05) is 25.6 Å². The minimum atomic E-state index is -1.27. The summed E-state index contributed by atoms with van der Waals surface area (Å²) < 4.78 is 5.42. The van der Waals surface area contributed by atoms with Crippen LogP contribution in [0.2, 0.25) is 0 Å². The fraction of sp³-hybridized carbons (Fsp3) is 0.579. The molecule has 1 atom stereocenters. The third-order valence-electron chi connectivity index (χ3n) is 5.59. The van der Waals surface area contributed by atoms with Crippen LogP contribution in [-0.2, 0) is 11.2 Å². The molecule has 1 aliphatic carbocycles. The van der Waals surface area contributed by atoms with E-state index in [4.69, 9.17) is 10.4 Å². The van der Waals surface area contributed by atoms with Crippen molar-refractivity contribution in [3.05, 3.63) is 29.3 Å². The molecule has 0 aromatic heterocycles. The molecule has 0 unspecified atom stereocenters. The van der Waals surface area contributed by atoms with E-state index in [2.05, 4.69) is 10.6 Å². The molecule has 6 N–H and O–H groups in total. The summed E-state index contributed by atoms with van der Waals surface area (Å²) in [6.45, 7) is 1.45. The predicted octanol–water partition coefficient (Wildman–Crippen LogP) is 0.321. The first-order valence-corrected chi connectivity index (χ1v) is 9.90. The van der Waals surface area contributed by atoms with E-state index in [1.165, 1.54) is 6.07 Å². The molecule has 152 valence electrons. The smallest absolute Gasteiger partial charge is 0.534 e. The largest absolute Gasteiger partial charge is 0.547 e. The molecular formula is C19H28BN3O5. The number of amides is 1. The first-order valence-electron chi connectivity index (χ1n) is 9.90. The predicted molar refractivity (Wildman–Crippen MR) is 105 cm³/mol. The Morgan fingerprint density at radius 3 is 2.68 bits per heavy atom. The highest BCUT2D eigenvalue weighted by molar-refractivity contribution is 6.47. The monoisotopic (exact) mass is 389 g/mol. The molecule has 1 aromatic carbocycles. The Bertz CT molecular complexity index is 709. The number of carboxylic acids is 1. The highest BCUT2D eigenvalue weighted by atomic mass is 16.5. The van der Waals surface area contributed by atoms with E-state index in [0.29, 0.717) is 36.9 Å². The molecule has 8 nitrogen and oxygen atoms in total. The van der Waals surface area contributed by atoms with Crippen molar-refractivity contribution in [1.82, 2.24) is 10.6 Å². The highest BCUT2D eigenvalue weighted by Gasteiger charge is 2.38.